The molecule has 0 saturated heterocycles. The molecule has 4 aromatic heterocycles. The van der Waals surface area contributed by atoms with E-state index in [0.29, 0.717) is 5.95 Å². The van der Waals surface area contributed by atoms with Crippen molar-refractivity contribution in [3.63, 3.8) is 0 Å². The first-order valence-corrected chi connectivity index (χ1v) is 13.4. The van der Waals surface area contributed by atoms with Gasteiger partial charge in [-0.1, -0.05) is 78.9 Å². The summed E-state index contributed by atoms with van der Waals surface area (Å²) in [5, 5.41) is 7.21. The van der Waals surface area contributed by atoms with E-state index in [1.807, 2.05) is 48.8 Å². The molecule has 40 heavy (non-hydrogen) atoms. The van der Waals surface area contributed by atoms with Gasteiger partial charge in [-0.05, 0) is 41.8 Å². The van der Waals surface area contributed by atoms with E-state index < -0.39 is 0 Å². The van der Waals surface area contributed by atoms with Crippen molar-refractivity contribution < 1.29 is 0 Å². The van der Waals surface area contributed by atoms with Crippen molar-refractivity contribution in [1.82, 2.24) is 24.1 Å². The summed E-state index contributed by atoms with van der Waals surface area (Å²) in [7, 11) is 0. The minimum Gasteiger partial charge on any atom is -0.293 e. The maximum Gasteiger partial charge on any atom is 0.235 e. The summed E-state index contributed by atoms with van der Waals surface area (Å²) in [6, 6.07) is 40.2. The number of rotatable bonds is 3. The van der Waals surface area contributed by atoms with Crippen LogP contribution >= 0.6 is 0 Å². The maximum atomic E-state index is 5.08. The second kappa shape index (κ2) is 7.98. The summed E-state index contributed by atoms with van der Waals surface area (Å²) in [5.41, 5.74) is 6.47. The number of pyridine rings is 1. The summed E-state index contributed by atoms with van der Waals surface area (Å²) < 4.78 is 4.52. The minimum absolute atomic E-state index is 0.666. The van der Waals surface area contributed by atoms with Gasteiger partial charge < -0.3 is 0 Å². The second-order valence-corrected chi connectivity index (χ2v) is 10.1. The fourth-order valence-electron chi connectivity index (χ4n) is 6.37. The Hall–Kier alpha value is -5.55. The van der Waals surface area contributed by atoms with Crippen molar-refractivity contribution in [2.24, 2.45) is 0 Å². The molecule has 0 radical (unpaired) electrons. The van der Waals surface area contributed by atoms with Crippen molar-refractivity contribution in [3.05, 3.63) is 128 Å². The molecular weight excluding hydrogens is 490 g/mol. The largest absolute Gasteiger partial charge is 0.293 e. The van der Waals surface area contributed by atoms with Crippen LogP contribution in [0.5, 0.6) is 0 Å². The quantitative estimate of drug-likeness (QED) is 0.224. The molecule has 0 spiro atoms. The zero-order chi connectivity index (χ0) is 26.2. The summed E-state index contributed by atoms with van der Waals surface area (Å²) in [6.07, 6.45) is 3.72. The van der Waals surface area contributed by atoms with Gasteiger partial charge in [0.1, 0.15) is 5.82 Å². The van der Waals surface area contributed by atoms with Crippen molar-refractivity contribution in [2.75, 3.05) is 0 Å². The maximum absolute atomic E-state index is 5.08. The molecule has 0 unspecified atom stereocenters. The van der Waals surface area contributed by atoms with E-state index in [1.54, 1.807) is 0 Å². The van der Waals surface area contributed by atoms with Gasteiger partial charge in [-0.15, -0.1) is 0 Å². The predicted molar refractivity (Wildman–Crippen MR) is 163 cm³/mol. The van der Waals surface area contributed by atoms with Crippen LogP contribution < -0.4 is 0 Å². The zero-order valence-corrected chi connectivity index (χ0v) is 21.4. The Morgan fingerprint density at radius 3 is 2.25 bits per heavy atom. The van der Waals surface area contributed by atoms with Gasteiger partial charge in [0, 0.05) is 44.9 Å². The average Bonchev–Trinajstić information content (AvgIpc) is 3.54. The lowest BCUT2D eigenvalue weighted by Gasteiger charge is -2.10. The lowest BCUT2D eigenvalue weighted by molar-refractivity contribution is 0.993. The number of hydrogen-bond acceptors (Lipinski definition) is 3. The third-order valence-electron chi connectivity index (χ3n) is 8.00. The van der Waals surface area contributed by atoms with E-state index in [2.05, 4.69) is 88.0 Å². The van der Waals surface area contributed by atoms with Gasteiger partial charge in [0.2, 0.25) is 5.95 Å². The van der Waals surface area contributed by atoms with Crippen molar-refractivity contribution in [1.29, 1.82) is 0 Å². The molecule has 4 heterocycles. The summed E-state index contributed by atoms with van der Waals surface area (Å²) in [4.78, 5) is 14.6. The smallest absolute Gasteiger partial charge is 0.235 e. The number of fused-ring (bicyclic) bond motifs is 4. The van der Waals surface area contributed by atoms with Crippen molar-refractivity contribution >= 4 is 54.4 Å². The number of benzene rings is 5. The second-order valence-electron chi connectivity index (χ2n) is 10.1. The lowest BCUT2D eigenvalue weighted by atomic mass is 9.99. The van der Waals surface area contributed by atoms with Gasteiger partial charge in [-0.2, -0.15) is 0 Å². The number of nitrogens with zero attached hydrogens (tertiary/aromatic N) is 5. The predicted octanol–water partition coefficient (Wildman–Crippen LogP) is 8.32. The van der Waals surface area contributed by atoms with Gasteiger partial charge >= 0.3 is 0 Å². The topological polar surface area (TPSA) is 48.5 Å². The van der Waals surface area contributed by atoms with E-state index in [0.717, 1.165) is 39.1 Å². The van der Waals surface area contributed by atoms with Crippen molar-refractivity contribution in [2.45, 2.75) is 0 Å². The van der Waals surface area contributed by atoms with Crippen LogP contribution in [0.4, 0.5) is 0 Å². The summed E-state index contributed by atoms with van der Waals surface area (Å²) in [6.45, 7) is 0. The SMILES string of the molecule is c1ccc(-c2ccnc(-n3c4cccc5ccc6c(c54)c3cc3c4ccccc4n(-c4ccccn4)c36)n2)cc1. The van der Waals surface area contributed by atoms with Crippen LogP contribution in [-0.4, -0.2) is 24.1 Å². The van der Waals surface area contributed by atoms with E-state index in [4.69, 9.17) is 15.0 Å². The Balaban J connectivity index is 1.47. The van der Waals surface area contributed by atoms with E-state index >= 15 is 0 Å². The molecule has 0 amide bonds. The molecule has 9 rings (SSSR count). The molecule has 0 aliphatic heterocycles. The molecule has 0 fully saturated rings. The molecular formula is C35H21N5. The molecule has 5 aromatic carbocycles. The Bertz CT molecular complexity index is 2370. The lowest BCUT2D eigenvalue weighted by Crippen LogP contribution is -2.01. The molecule has 0 atom stereocenters. The van der Waals surface area contributed by atoms with Crippen LogP contribution in [0.25, 0.3) is 77.4 Å². The minimum atomic E-state index is 0.666. The Morgan fingerprint density at radius 1 is 0.500 bits per heavy atom. The van der Waals surface area contributed by atoms with Crippen LogP contribution in [0.2, 0.25) is 0 Å². The highest BCUT2D eigenvalue weighted by molar-refractivity contribution is 6.32. The number of aromatic nitrogens is 5. The van der Waals surface area contributed by atoms with Gasteiger partial charge in [0.05, 0.1) is 27.8 Å². The molecule has 5 nitrogen and oxygen atoms in total. The monoisotopic (exact) mass is 511 g/mol. The van der Waals surface area contributed by atoms with Gasteiger partial charge in [-0.3, -0.25) is 9.13 Å². The van der Waals surface area contributed by atoms with Crippen LogP contribution in [0.15, 0.2) is 128 Å². The normalized spacial score (nSPS) is 12.0. The van der Waals surface area contributed by atoms with Gasteiger partial charge in [-0.25, -0.2) is 15.0 Å². The van der Waals surface area contributed by atoms with E-state index in [1.165, 1.54) is 32.3 Å². The third kappa shape index (κ3) is 2.83. The van der Waals surface area contributed by atoms with Crippen LogP contribution in [0.1, 0.15) is 0 Å². The summed E-state index contributed by atoms with van der Waals surface area (Å²) >= 11 is 0. The molecule has 0 aliphatic carbocycles. The molecule has 0 saturated carbocycles. The van der Waals surface area contributed by atoms with Crippen LogP contribution in [-0.2, 0) is 0 Å². The fourth-order valence-corrected chi connectivity index (χ4v) is 6.37. The molecule has 0 aliphatic rings. The highest BCUT2D eigenvalue weighted by atomic mass is 15.2. The molecule has 0 bridgehead atoms. The van der Waals surface area contributed by atoms with E-state index in [-0.39, 0.29) is 0 Å². The molecule has 9 aromatic rings. The average molecular weight is 512 g/mol. The molecule has 5 heteroatoms. The van der Waals surface area contributed by atoms with Gasteiger partial charge in [0.25, 0.3) is 0 Å². The highest BCUT2D eigenvalue weighted by Gasteiger charge is 2.23. The van der Waals surface area contributed by atoms with Crippen LogP contribution in [0.3, 0.4) is 0 Å². The van der Waals surface area contributed by atoms with E-state index in [9.17, 15) is 0 Å². The Labute approximate surface area is 228 Å². The van der Waals surface area contributed by atoms with Gasteiger partial charge in [0.15, 0.2) is 0 Å². The first kappa shape index (κ1) is 21.4. The first-order valence-electron chi connectivity index (χ1n) is 13.4. The number of hydrogen-bond donors (Lipinski definition) is 0. The third-order valence-corrected chi connectivity index (χ3v) is 8.00. The Morgan fingerprint density at radius 2 is 1.35 bits per heavy atom. The standard InChI is InChI=1S/C35H21N5/c1-2-9-22(10-3-1)27-18-20-37-35(38-27)39-29-14-8-11-23-16-17-25-33(32(23)29)30(39)21-26-24-12-4-5-13-28(24)40(34(25)26)31-15-6-7-19-36-31/h1-21H. The van der Waals surface area contributed by atoms with Crippen LogP contribution in [0, 0.1) is 0 Å². The first-order chi connectivity index (χ1) is 19.9. The zero-order valence-electron chi connectivity index (χ0n) is 21.4. The summed E-state index contributed by atoms with van der Waals surface area (Å²) in [5.74, 6) is 1.57. The molecule has 186 valence electrons. The van der Waals surface area contributed by atoms with Crippen molar-refractivity contribution in [3.8, 4) is 23.0 Å². The fraction of sp³-hybridized carbons (Fsp3) is 0. The highest BCUT2D eigenvalue weighted by Crippen LogP contribution is 2.44. The number of para-hydroxylation sites is 1. The Kier molecular flexibility index (Phi) is 4.27. The molecule has 0 N–H and O–H groups in total.